The molecule has 0 bridgehead atoms. The molecule has 1 heterocycles. The van der Waals surface area contributed by atoms with Crippen molar-refractivity contribution in [1.29, 1.82) is 0 Å². The van der Waals surface area contributed by atoms with Gasteiger partial charge >= 0.3 is 0 Å². The van der Waals surface area contributed by atoms with Gasteiger partial charge in [0, 0.05) is 6.04 Å². The first-order valence-corrected chi connectivity index (χ1v) is 8.19. The lowest BCUT2D eigenvalue weighted by Crippen LogP contribution is -2.42. The standard InChI is InChI=1S/C19H22N2O3/c1-24-16-7-8-17(20-13-16)18(22)21-15-9-11-19(23,12-10-15)14-5-3-2-4-6-14/h2-8,13,15,23H,9-12H2,1H3,(H,21,22). The molecule has 0 unspecified atom stereocenters. The van der Waals surface area contributed by atoms with Crippen molar-refractivity contribution in [2.24, 2.45) is 0 Å². The number of carbonyl (C=O) groups excluding carboxylic acids is 1. The highest BCUT2D eigenvalue weighted by Crippen LogP contribution is 2.36. The van der Waals surface area contributed by atoms with Crippen molar-refractivity contribution in [2.75, 3.05) is 7.11 Å². The van der Waals surface area contributed by atoms with Gasteiger partial charge in [-0.3, -0.25) is 4.79 Å². The minimum Gasteiger partial charge on any atom is -0.495 e. The molecular formula is C19H22N2O3. The van der Waals surface area contributed by atoms with Crippen molar-refractivity contribution in [3.05, 3.63) is 59.9 Å². The summed E-state index contributed by atoms with van der Waals surface area (Å²) in [5.74, 6) is 0.435. The van der Waals surface area contributed by atoms with Crippen LogP contribution in [0.2, 0.25) is 0 Å². The number of methoxy groups -OCH3 is 1. The van der Waals surface area contributed by atoms with Crippen molar-refractivity contribution in [3.8, 4) is 5.75 Å². The molecule has 0 spiro atoms. The number of aliphatic hydroxyl groups is 1. The minimum absolute atomic E-state index is 0.0605. The van der Waals surface area contributed by atoms with Gasteiger partial charge in [0.15, 0.2) is 0 Å². The molecule has 3 rings (SSSR count). The van der Waals surface area contributed by atoms with Crippen LogP contribution in [0.5, 0.6) is 5.75 Å². The van der Waals surface area contributed by atoms with Crippen LogP contribution in [0.25, 0.3) is 0 Å². The minimum atomic E-state index is -0.791. The smallest absolute Gasteiger partial charge is 0.270 e. The molecule has 2 N–H and O–H groups in total. The average molecular weight is 326 g/mol. The Morgan fingerprint density at radius 2 is 1.92 bits per heavy atom. The summed E-state index contributed by atoms with van der Waals surface area (Å²) in [6.07, 6.45) is 4.29. The first-order chi connectivity index (χ1) is 11.6. The van der Waals surface area contributed by atoms with Crippen LogP contribution in [0.1, 0.15) is 41.7 Å². The van der Waals surface area contributed by atoms with Crippen LogP contribution in [0.3, 0.4) is 0 Å². The van der Waals surface area contributed by atoms with Crippen LogP contribution < -0.4 is 10.1 Å². The van der Waals surface area contributed by atoms with Gasteiger partial charge in [0.2, 0.25) is 0 Å². The molecule has 5 heteroatoms. The van der Waals surface area contributed by atoms with Crippen LogP contribution >= 0.6 is 0 Å². The van der Waals surface area contributed by atoms with E-state index in [2.05, 4.69) is 10.3 Å². The second-order valence-electron chi connectivity index (χ2n) is 6.23. The zero-order chi connectivity index (χ0) is 17.0. The number of hydrogen-bond donors (Lipinski definition) is 2. The maximum absolute atomic E-state index is 12.3. The number of ether oxygens (including phenoxy) is 1. The van der Waals surface area contributed by atoms with E-state index in [1.807, 2.05) is 30.3 Å². The first kappa shape index (κ1) is 16.5. The van der Waals surface area contributed by atoms with E-state index in [0.717, 1.165) is 18.4 Å². The highest BCUT2D eigenvalue weighted by atomic mass is 16.5. The third-order valence-corrected chi connectivity index (χ3v) is 4.66. The number of benzene rings is 1. The highest BCUT2D eigenvalue weighted by molar-refractivity contribution is 5.92. The Kier molecular flexibility index (Phi) is 4.81. The summed E-state index contributed by atoms with van der Waals surface area (Å²) in [7, 11) is 1.56. The van der Waals surface area contributed by atoms with Gasteiger partial charge in [-0.2, -0.15) is 0 Å². The summed E-state index contributed by atoms with van der Waals surface area (Å²) in [5, 5.41) is 13.8. The average Bonchev–Trinajstić information content (AvgIpc) is 2.64. The third-order valence-electron chi connectivity index (χ3n) is 4.66. The fourth-order valence-corrected chi connectivity index (χ4v) is 3.17. The molecule has 0 radical (unpaired) electrons. The molecule has 1 aliphatic rings. The molecule has 0 saturated heterocycles. The molecule has 1 fully saturated rings. The Balaban J connectivity index is 1.58. The normalized spacial score (nSPS) is 23.5. The quantitative estimate of drug-likeness (QED) is 0.906. The van der Waals surface area contributed by atoms with Gasteiger partial charge < -0.3 is 15.2 Å². The number of aromatic nitrogens is 1. The Morgan fingerprint density at radius 3 is 2.50 bits per heavy atom. The van der Waals surface area contributed by atoms with Crippen LogP contribution in [0.4, 0.5) is 0 Å². The van der Waals surface area contributed by atoms with Crippen LogP contribution in [-0.4, -0.2) is 29.1 Å². The van der Waals surface area contributed by atoms with Gasteiger partial charge in [0.25, 0.3) is 5.91 Å². The summed E-state index contributed by atoms with van der Waals surface area (Å²) >= 11 is 0. The predicted octanol–water partition coefficient (Wildman–Crippen LogP) is 2.65. The van der Waals surface area contributed by atoms with Gasteiger partial charge in [-0.25, -0.2) is 4.98 Å². The lowest BCUT2D eigenvalue weighted by Gasteiger charge is -2.36. The molecule has 0 atom stereocenters. The number of carbonyl (C=O) groups is 1. The van der Waals surface area contributed by atoms with E-state index in [4.69, 9.17) is 4.74 Å². The van der Waals surface area contributed by atoms with Gasteiger partial charge in [-0.05, 0) is 43.4 Å². The van der Waals surface area contributed by atoms with Crippen molar-refractivity contribution in [1.82, 2.24) is 10.3 Å². The number of rotatable bonds is 4. The zero-order valence-electron chi connectivity index (χ0n) is 13.7. The molecule has 1 aromatic heterocycles. The zero-order valence-corrected chi connectivity index (χ0v) is 13.7. The molecule has 5 nitrogen and oxygen atoms in total. The SMILES string of the molecule is COc1ccc(C(=O)NC2CCC(O)(c3ccccc3)CC2)nc1. The summed E-state index contributed by atoms with van der Waals surface area (Å²) in [5.41, 5.74) is 0.534. The lowest BCUT2D eigenvalue weighted by atomic mass is 9.78. The Bertz CT molecular complexity index is 678. The van der Waals surface area contributed by atoms with Crippen molar-refractivity contribution in [3.63, 3.8) is 0 Å². The maximum atomic E-state index is 12.3. The van der Waals surface area contributed by atoms with Crippen molar-refractivity contribution in [2.45, 2.75) is 37.3 Å². The molecule has 2 aromatic rings. The van der Waals surface area contributed by atoms with Gasteiger partial charge in [0.05, 0.1) is 18.9 Å². The summed E-state index contributed by atoms with van der Waals surface area (Å²) in [4.78, 5) is 16.4. The van der Waals surface area contributed by atoms with Gasteiger partial charge in [-0.15, -0.1) is 0 Å². The monoisotopic (exact) mass is 326 g/mol. The Labute approximate surface area is 141 Å². The van der Waals surface area contributed by atoms with E-state index in [9.17, 15) is 9.90 Å². The number of pyridine rings is 1. The fraction of sp³-hybridized carbons (Fsp3) is 0.368. The van der Waals surface area contributed by atoms with E-state index < -0.39 is 5.60 Å². The van der Waals surface area contributed by atoms with E-state index in [1.165, 1.54) is 6.20 Å². The van der Waals surface area contributed by atoms with Gasteiger partial charge in [-0.1, -0.05) is 30.3 Å². The maximum Gasteiger partial charge on any atom is 0.270 e. The Morgan fingerprint density at radius 1 is 1.21 bits per heavy atom. The third kappa shape index (κ3) is 3.57. The highest BCUT2D eigenvalue weighted by Gasteiger charge is 2.35. The fourth-order valence-electron chi connectivity index (χ4n) is 3.17. The lowest BCUT2D eigenvalue weighted by molar-refractivity contribution is -0.00805. The molecule has 24 heavy (non-hydrogen) atoms. The Hall–Kier alpha value is -2.40. The second-order valence-corrected chi connectivity index (χ2v) is 6.23. The van der Waals surface area contributed by atoms with E-state index in [-0.39, 0.29) is 11.9 Å². The first-order valence-electron chi connectivity index (χ1n) is 8.19. The van der Waals surface area contributed by atoms with E-state index in [0.29, 0.717) is 24.3 Å². The number of amides is 1. The molecule has 126 valence electrons. The van der Waals surface area contributed by atoms with Crippen molar-refractivity contribution >= 4 is 5.91 Å². The number of hydrogen-bond acceptors (Lipinski definition) is 4. The second kappa shape index (κ2) is 7.01. The summed E-state index contributed by atoms with van der Waals surface area (Å²) < 4.78 is 5.04. The predicted molar refractivity (Wildman–Crippen MR) is 90.9 cm³/mol. The van der Waals surface area contributed by atoms with Crippen molar-refractivity contribution < 1.29 is 14.6 Å². The largest absolute Gasteiger partial charge is 0.495 e. The molecule has 1 aromatic carbocycles. The van der Waals surface area contributed by atoms with Gasteiger partial charge in [0.1, 0.15) is 11.4 Å². The molecule has 0 aliphatic heterocycles. The molecule has 1 amide bonds. The number of nitrogens with one attached hydrogen (secondary N) is 1. The molecule has 1 aliphatic carbocycles. The summed E-state index contributed by atoms with van der Waals surface area (Å²) in [6, 6.07) is 13.2. The van der Waals surface area contributed by atoms with Crippen LogP contribution in [-0.2, 0) is 5.60 Å². The van der Waals surface area contributed by atoms with Crippen LogP contribution in [0.15, 0.2) is 48.7 Å². The van der Waals surface area contributed by atoms with E-state index in [1.54, 1.807) is 19.2 Å². The van der Waals surface area contributed by atoms with E-state index >= 15 is 0 Å². The summed E-state index contributed by atoms with van der Waals surface area (Å²) in [6.45, 7) is 0. The molecule has 1 saturated carbocycles. The van der Waals surface area contributed by atoms with Crippen LogP contribution in [0, 0.1) is 0 Å². The number of nitrogens with zero attached hydrogens (tertiary/aromatic N) is 1. The topological polar surface area (TPSA) is 71.5 Å². The molecular weight excluding hydrogens is 304 g/mol.